The van der Waals surface area contributed by atoms with Gasteiger partial charge in [0.2, 0.25) is 5.91 Å². The summed E-state index contributed by atoms with van der Waals surface area (Å²) in [5, 5.41) is 8.78. The second kappa shape index (κ2) is 14.0. The van der Waals surface area contributed by atoms with Gasteiger partial charge in [0.25, 0.3) is 0 Å². The second-order valence-electron chi connectivity index (χ2n) is 6.04. The van der Waals surface area contributed by atoms with Gasteiger partial charge in [-0.3, -0.25) is 4.79 Å². The van der Waals surface area contributed by atoms with E-state index in [1.54, 1.807) is 30.3 Å². The van der Waals surface area contributed by atoms with Crippen LogP contribution in [-0.2, 0) is 11.2 Å². The molecule has 1 heterocycles. The van der Waals surface area contributed by atoms with Gasteiger partial charge in [0, 0.05) is 32.1 Å². The fourth-order valence-corrected chi connectivity index (χ4v) is 3.35. The maximum Gasteiger partial charge on any atom is 0.243 e. The number of thiophene rings is 1. The van der Waals surface area contributed by atoms with E-state index >= 15 is 0 Å². The van der Waals surface area contributed by atoms with Crippen molar-refractivity contribution in [1.82, 2.24) is 15.5 Å². The molecule has 0 saturated carbocycles. The highest BCUT2D eigenvalue weighted by atomic mass is 32.2. The summed E-state index contributed by atoms with van der Waals surface area (Å²) in [4.78, 5) is 19.1. The van der Waals surface area contributed by atoms with Crippen molar-refractivity contribution in [2.24, 2.45) is 4.99 Å². The Morgan fingerprint density at radius 2 is 1.96 bits per heavy atom. The summed E-state index contributed by atoms with van der Waals surface area (Å²) in [7, 11) is 3.51. The summed E-state index contributed by atoms with van der Waals surface area (Å²) in [5.41, 5.74) is 0. The van der Waals surface area contributed by atoms with Crippen LogP contribution in [0.2, 0.25) is 0 Å². The van der Waals surface area contributed by atoms with Gasteiger partial charge in [0.1, 0.15) is 6.54 Å². The lowest BCUT2D eigenvalue weighted by Crippen LogP contribution is -2.39. The van der Waals surface area contributed by atoms with Crippen LogP contribution in [0.5, 0.6) is 0 Å². The Morgan fingerprint density at radius 1 is 1.20 bits per heavy atom. The van der Waals surface area contributed by atoms with Crippen molar-refractivity contribution in [3.63, 3.8) is 0 Å². The van der Waals surface area contributed by atoms with Crippen LogP contribution in [0.25, 0.3) is 0 Å². The van der Waals surface area contributed by atoms with Gasteiger partial charge in [-0.15, -0.1) is 11.3 Å². The van der Waals surface area contributed by atoms with Gasteiger partial charge >= 0.3 is 0 Å². The van der Waals surface area contributed by atoms with Gasteiger partial charge in [-0.1, -0.05) is 18.9 Å². The maximum atomic E-state index is 11.7. The predicted octanol–water partition coefficient (Wildman–Crippen LogP) is 2.84. The number of carbonyl (C=O) groups excluding carboxylic acids is 1. The van der Waals surface area contributed by atoms with Crippen molar-refractivity contribution >= 4 is 35.0 Å². The summed E-state index contributed by atoms with van der Waals surface area (Å²) in [6, 6.07) is 4.21. The second-order valence-corrected chi connectivity index (χ2v) is 8.06. The first-order chi connectivity index (χ1) is 12.1. The topological polar surface area (TPSA) is 56.7 Å². The lowest BCUT2D eigenvalue weighted by Gasteiger charge is -2.13. The lowest BCUT2D eigenvalue weighted by atomic mass is 10.2. The number of nitrogens with one attached hydrogen (secondary N) is 2. The summed E-state index contributed by atoms with van der Waals surface area (Å²) in [6.45, 7) is 1.88. The van der Waals surface area contributed by atoms with E-state index in [2.05, 4.69) is 39.4 Å². The molecule has 0 aliphatic carbocycles. The first kappa shape index (κ1) is 21.8. The third-order valence-corrected chi connectivity index (χ3v) is 5.32. The number of likely N-dealkylation sites (N-methyl/N-ethyl adjacent to an activating group) is 1. The maximum absolute atomic E-state index is 11.7. The summed E-state index contributed by atoms with van der Waals surface area (Å²) in [5.74, 6) is 1.99. The number of thioether (sulfide) groups is 1. The monoisotopic (exact) mass is 384 g/mol. The lowest BCUT2D eigenvalue weighted by molar-refractivity contribution is -0.127. The summed E-state index contributed by atoms with van der Waals surface area (Å²) < 4.78 is 0. The van der Waals surface area contributed by atoms with Crippen LogP contribution in [0.15, 0.2) is 22.5 Å². The largest absolute Gasteiger partial charge is 0.356 e. The molecule has 0 aliphatic heterocycles. The molecule has 0 radical (unpaired) electrons. The molecule has 1 amide bonds. The van der Waals surface area contributed by atoms with Gasteiger partial charge in [-0.25, -0.2) is 4.99 Å². The molecule has 0 spiro atoms. The zero-order valence-corrected chi connectivity index (χ0v) is 17.3. The van der Waals surface area contributed by atoms with E-state index in [1.807, 2.05) is 11.8 Å². The Morgan fingerprint density at radius 3 is 2.64 bits per heavy atom. The standard InChI is InChI=1S/C18H32N4OS2/c1-22(2)17(23)15-21-18(19-11-6-4-5-7-13-24-3)20-12-10-16-9-8-14-25-16/h8-9,14H,4-7,10-13,15H2,1-3H3,(H2,19,20,21). The first-order valence-electron chi connectivity index (χ1n) is 8.87. The van der Waals surface area contributed by atoms with Crippen molar-refractivity contribution in [2.45, 2.75) is 32.1 Å². The van der Waals surface area contributed by atoms with E-state index in [9.17, 15) is 4.79 Å². The molecule has 0 bridgehead atoms. The van der Waals surface area contributed by atoms with Crippen LogP contribution < -0.4 is 10.6 Å². The van der Waals surface area contributed by atoms with Crippen LogP contribution in [0.3, 0.4) is 0 Å². The molecule has 25 heavy (non-hydrogen) atoms. The molecule has 0 atom stereocenters. The predicted molar refractivity (Wildman–Crippen MR) is 112 cm³/mol. The number of amides is 1. The van der Waals surface area contributed by atoms with Crippen molar-refractivity contribution in [1.29, 1.82) is 0 Å². The molecule has 5 nitrogen and oxygen atoms in total. The third-order valence-electron chi connectivity index (χ3n) is 3.68. The van der Waals surface area contributed by atoms with E-state index in [-0.39, 0.29) is 12.5 Å². The highest BCUT2D eigenvalue weighted by molar-refractivity contribution is 7.98. The quantitative estimate of drug-likeness (QED) is 0.331. The number of guanidine groups is 1. The number of carbonyl (C=O) groups is 1. The summed E-state index contributed by atoms with van der Waals surface area (Å²) >= 11 is 3.67. The van der Waals surface area contributed by atoms with E-state index in [1.165, 1.54) is 29.9 Å². The fourth-order valence-electron chi connectivity index (χ4n) is 2.15. The van der Waals surface area contributed by atoms with E-state index in [0.717, 1.165) is 31.9 Å². The SMILES string of the molecule is CSCCCCCCNC(=NCC(=O)N(C)C)NCCc1cccs1. The molecule has 0 aliphatic rings. The van der Waals surface area contributed by atoms with Crippen LogP contribution in [0.1, 0.15) is 30.6 Å². The number of hydrogen-bond acceptors (Lipinski definition) is 4. The molecule has 7 heteroatoms. The molecule has 2 N–H and O–H groups in total. The molecule has 0 aromatic carbocycles. The van der Waals surface area contributed by atoms with Gasteiger partial charge in [0.15, 0.2) is 5.96 Å². The van der Waals surface area contributed by atoms with E-state index in [0.29, 0.717) is 0 Å². The van der Waals surface area contributed by atoms with Gasteiger partial charge in [-0.2, -0.15) is 11.8 Å². The van der Waals surface area contributed by atoms with E-state index in [4.69, 9.17) is 0 Å². The Bertz CT molecular complexity index is 489. The molecule has 142 valence electrons. The number of unbranched alkanes of at least 4 members (excludes halogenated alkanes) is 3. The summed E-state index contributed by atoms with van der Waals surface area (Å²) in [6.07, 6.45) is 8.04. The van der Waals surface area contributed by atoms with Gasteiger partial charge in [-0.05, 0) is 42.7 Å². The van der Waals surface area contributed by atoms with Gasteiger partial charge < -0.3 is 15.5 Å². The molecule has 1 aromatic heterocycles. The zero-order valence-electron chi connectivity index (χ0n) is 15.7. The average molecular weight is 385 g/mol. The number of hydrogen-bond donors (Lipinski definition) is 2. The molecule has 1 aromatic rings. The highest BCUT2D eigenvalue weighted by Crippen LogP contribution is 2.08. The molecule has 1 rings (SSSR count). The van der Waals surface area contributed by atoms with Crippen LogP contribution in [0, 0.1) is 0 Å². The molecule has 0 unspecified atom stereocenters. The number of aliphatic imine (C=N–C) groups is 1. The van der Waals surface area contributed by atoms with Gasteiger partial charge in [0.05, 0.1) is 0 Å². The smallest absolute Gasteiger partial charge is 0.243 e. The number of nitrogens with zero attached hydrogens (tertiary/aromatic N) is 2. The van der Waals surface area contributed by atoms with Crippen LogP contribution >= 0.6 is 23.1 Å². The Labute approximate surface area is 160 Å². The minimum atomic E-state index is 0.0106. The Balaban J connectivity index is 2.33. The van der Waals surface area contributed by atoms with Crippen molar-refractivity contribution in [3.05, 3.63) is 22.4 Å². The van der Waals surface area contributed by atoms with Crippen LogP contribution in [0.4, 0.5) is 0 Å². The van der Waals surface area contributed by atoms with Crippen molar-refractivity contribution in [3.8, 4) is 0 Å². The molecular weight excluding hydrogens is 352 g/mol. The average Bonchev–Trinajstić information content (AvgIpc) is 3.11. The molecular formula is C18H32N4OS2. The zero-order chi connectivity index (χ0) is 18.3. The minimum absolute atomic E-state index is 0.0106. The fraction of sp³-hybridized carbons (Fsp3) is 0.667. The Kier molecular flexibility index (Phi) is 12.2. The van der Waals surface area contributed by atoms with Crippen LogP contribution in [-0.4, -0.2) is 62.5 Å². The first-order valence-corrected chi connectivity index (χ1v) is 11.1. The van der Waals surface area contributed by atoms with Crippen molar-refractivity contribution in [2.75, 3.05) is 45.7 Å². The minimum Gasteiger partial charge on any atom is -0.356 e. The van der Waals surface area contributed by atoms with E-state index < -0.39 is 0 Å². The number of rotatable bonds is 12. The highest BCUT2D eigenvalue weighted by Gasteiger charge is 2.04. The normalized spacial score (nSPS) is 11.4. The molecule has 0 fully saturated rings. The van der Waals surface area contributed by atoms with Crippen molar-refractivity contribution < 1.29 is 4.79 Å². The Hall–Kier alpha value is -1.21. The molecule has 0 saturated heterocycles. The third kappa shape index (κ3) is 11.1.